The fourth-order valence-electron chi connectivity index (χ4n) is 1.11. The molecular weight excluding hydrogens is 172 g/mol. The second-order valence-corrected chi connectivity index (χ2v) is 2.84. The largest absolute Gasteiger partial charge is 0.342 e. The highest BCUT2D eigenvalue weighted by Gasteiger charge is 2.25. The molecule has 1 aliphatic rings. The number of aromatic nitrogens is 2. The molecular formula is C7H10N4O2. The summed E-state index contributed by atoms with van der Waals surface area (Å²) in [5.74, 6) is 0.494. The van der Waals surface area contributed by atoms with Crippen molar-refractivity contribution in [3.63, 3.8) is 0 Å². The van der Waals surface area contributed by atoms with E-state index in [0.29, 0.717) is 12.6 Å². The van der Waals surface area contributed by atoms with Gasteiger partial charge in [-0.15, -0.1) is 0 Å². The number of carbonyl (C=O) groups excluding carboxylic acids is 1. The third-order valence-corrected chi connectivity index (χ3v) is 1.86. The van der Waals surface area contributed by atoms with Crippen molar-refractivity contribution >= 4 is 11.9 Å². The van der Waals surface area contributed by atoms with Gasteiger partial charge in [0.05, 0.1) is 0 Å². The van der Waals surface area contributed by atoms with Crippen molar-refractivity contribution < 1.29 is 9.63 Å². The molecule has 1 aromatic heterocycles. The van der Waals surface area contributed by atoms with Gasteiger partial charge in [-0.2, -0.15) is 0 Å². The second-order valence-electron chi connectivity index (χ2n) is 2.84. The van der Waals surface area contributed by atoms with E-state index in [2.05, 4.69) is 15.8 Å². The summed E-state index contributed by atoms with van der Waals surface area (Å²) in [5.41, 5.74) is 2.26. The number of hydrogen-bond acceptors (Lipinski definition) is 4. The molecule has 1 unspecified atom stereocenters. The average molecular weight is 182 g/mol. The molecule has 0 spiro atoms. The minimum atomic E-state index is -0.346. The van der Waals surface area contributed by atoms with Gasteiger partial charge in [0.15, 0.2) is 0 Å². The molecule has 1 amide bonds. The number of aryl methyl sites for hydroxylation is 1. The highest BCUT2D eigenvalue weighted by Crippen LogP contribution is 2.06. The Morgan fingerprint density at radius 2 is 2.69 bits per heavy atom. The molecule has 6 heteroatoms. The number of amides is 1. The lowest BCUT2D eigenvalue weighted by molar-refractivity contribution is -0.124. The molecule has 0 saturated carbocycles. The van der Waals surface area contributed by atoms with Crippen LogP contribution in [0.3, 0.4) is 0 Å². The van der Waals surface area contributed by atoms with Gasteiger partial charge in [-0.05, 0) is 0 Å². The topological polar surface area (TPSA) is 68.2 Å². The second kappa shape index (κ2) is 3.06. The molecule has 2 heterocycles. The van der Waals surface area contributed by atoms with Gasteiger partial charge in [-0.3, -0.25) is 9.63 Å². The third-order valence-electron chi connectivity index (χ3n) is 1.86. The lowest BCUT2D eigenvalue weighted by Gasteiger charge is -2.08. The van der Waals surface area contributed by atoms with Crippen molar-refractivity contribution in [1.82, 2.24) is 15.0 Å². The number of carbonyl (C=O) groups is 1. The Labute approximate surface area is 74.9 Å². The van der Waals surface area contributed by atoms with Crippen molar-refractivity contribution in [3.05, 3.63) is 12.4 Å². The first-order chi connectivity index (χ1) is 6.27. The SMILES string of the molecule is Cn1ccnc1NC1CONC1=O. The standard InChI is InChI=1S/C7H10N4O2/c1-11-3-2-8-7(11)9-5-4-13-10-6(5)12/h2-3,5H,4H2,1H3,(H,8,9)(H,10,12). The van der Waals surface area contributed by atoms with Crippen LogP contribution in [0, 0.1) is 0 Å². The van der Waals surface area contributed by atoms with Crippen LogP contribution in [-0.4, -0.2) is 28.1 Å². The molecule has 2 N–H and O–H groups in total. The summed E-state index contributed by atoms with van der Waals surface area (Å²) in [6.45, 7) is 0.325. The lowest BCUT2D eigenvalue weighted by atomic mass is 10.3. The quantitative estimate of drug-likeness (QED) is 0.632. The minimum absolute atomic E-state index is 0.164. The van der Waals surface area contributed by atoms with Gasteiger partial charge in [0, 0.05) is 19.4 Å². The summed E-state index contributed by atoms with van der Waals surface area (Å²) in [6, 6.07) is -0.346. The maximum absolute atomic E-state index is 11.1. The number of rotatable bonds is 2. The van der Waals surface area contributed by atoms with Crippen molar-refractivity contribution in [2.24, 2.45) is 7.05 Å². The minimum Gasteiger partial charge on any atom is -0.342 e. The molecule has 13 heavy (non-hydrogen) atoms. The van der Waals surface area contributed by atoms with E-state index >= 15 is 0 Å². The molecule has 1 fully saturated rings. The van der Waals surface area contributed by atoms with Crippen LogP contribution >= 0.6 is 0 Å². The zero-order valence-corrected chi connectivity index (χ0v) is 7.15. The summed E-state index contributed by atoms with van der Waals surface area (Å²) in [6.07, 6.45) is 3.46. The summed E-state index contributed by atoms with van der Waals surface area (Å²) < 4.78 is 1.80. The van der Waals surface area contributed by atoms with Gasteiger partial charge in [0.2, 0.25) is 5.95 Å². The van der Waals surface area contributed by atoms with Crippen LogP contribution in [0.2, 0.25) is 0 Å². The van der Waals surface area contributed by atoms with Crippen LogP contribution in [0.4, 0.5) is 5.95 Å². The van der Waals surface area contributed by atoms with E-state index in [1.54, 1.807) is 17.0 Å². The molecule has 2 rings (SSSR count). The normalized spacial score (nSPS) is 21.6. The highest BCUT2D eigenvalue weighted by atomic mass is 16.7. The zero-order chi connectivity index (χ0) is 9.26. The molecule has 1 saturated heterocycles. The Morgan fingerprint density at radius 3 is 3.23 bits per heavy atom. The van der Waals surface area contributed by atoms with Crippen LogP contribution in [0.1, 0.15) is 0 Å². The zero-order valence-electron chi connectivity index (χ0n) is 7.15. The summed E-state index contributed by atoms with van der Waals surface area (Å²) in [5, 5.41) is 2.95. The van der Waals surface area contributed by atoms with Crippen molar-refractivity contribution in [2.45, 2.75) is 6.04 Å². The molecule has 0 radical (unpaired) electrons. The molecule has 1 aliphatic heterocycles. The summed E-state index contributed by atoms with van der Waals surface area (Å²) in [7, 11) is 1.85. The monoisotopic (exact) mass is 182 g/mol. The Morgan fingerprint density at radius 1 is 1.85 bits per heavy atom. The van der Waals surface area contributed by atoms with Crippen LogP contribution in [0.25, 0.3) is 0 Å². The predicted molar refractivity (Wildman–Crippen MR) is 44.7 cm³/mol. The molecule has 0 aliphatic carbocycles. The third kappa shape index (κ3) is 1.48. The van der Waals surface area contributed by atoms with E-state index in [0.717, 1.165) is 0 Å². The molecule has 0 aromatic carbocycles. The summed E-state index contributed by atoms with van der Waals surface area (Å²) in [4.78, 5) is 19.9. The number of nitrogens with one attached hydrogen (secondary N) is 2. The number of anilines is 1. The first kappa shape index (κ1) is 8.06. The number of nitrogens with zero attached hydrogens (tertiary/aromatic N) is 2. The highest BCUT2D eigenvalue weighted by molar-refractivity contribution is 5.84. The van der Waals surface area contributed by atoms with E-state index in [9.17, 15) is 4.79 Å². The van der Waals surface area contributed by atoms with Crippen LogP contribution < -0.4 is 10.8 Å². The van der Waals surface area contributed by atoms with Crippen molar-refractivity contribution in [2.75, 3.05) is 11.9 Å². The van der Waals surface area contributed by atoms with E-state index in [4.69, 9.17) is 4.84 Å². The molecule has 6 nitrogen and oxygen atoms in total. The predicted octanol–water partition coefficient (Wildman–Crippen LogP) is -0.738. The molecule has 1 aromatic rings. The van der Waals surface area contributed by atoms with Crippen molar-refractivity contribution in [3.8, 4) is 0 Å². The van der Waals surface area contributed by atoms with E-state index < -0.39 is 0 Å². The van der Waals surface area contributed by atoms with E-state index in [-0.39, 0.29) is 11.9 Å². The number of imidazole rings is 1. The van der Waals surface area contributed by atoms with Gasteiger partial charge >= 0.3 is 0 Å². The average Bonchev–Trinajstić information content (AvgIpc) is 2.65. The smallest absolute Gasteiger partial charge is 0.268 e. The fourth-order valence-corrected chi connectivity index (χ4v) is 1.11. The maximum Gasteiger partial charge on any atom is 0.268 e. The Balaban J connectivity index is 2.06. The van der Waals surface area contributed by atoms with Crippen molar-refractivity contribution in [1.29, 1.82) is 0 Å². The molecule has 70 valence electrons. The van der Waals surface area contributed by atoms with E-state index in [1.807, 2.05) is 7.05 Å². The molecule has 0 bridgehead atoms. The Hall–Kier alpha value is -1.56. The van der Waals surface area contributed by atoms with Gasteiger partial charge in [-0.25, -0.2) is 10.5 Å². The molecule has 1 atom stereocenters. The fraction of sp³-hybridized carbons (Fsp3) is 0.429. The number of hydroxylamine groups is 1. The van der Waals surface area contributed by atoms with Gasteiger partial charge < -0.3 is 9.88 Å². The Kier molecular flexibility index (Phi) is 1.90. The van der Waals surface area contributed by atoms with E-state index in [1.165, 1.54) is 0 Å². The van der Waals surface area contributed by atoms with Gasteiger partial charge in [0.1, 0.15) is 12.6 Å². The van der Waals surface area contributed by atoms with Crippen LogP contribution in [-0.2, 0) is 16.7 Å². The van der Waals surface area contributed by atoms with Gasteiger partial charge in [-0.1, -0.05) is 0 Å². The van der Waals surface area contributed by atoms with Gasteiger partial charge in [0.25, 0.3) is 5.91 Å². The van der Waals surface area contributed by atoms with Crippen LogP contribution in [0.5, 0.6) is 0 Å². The summed E-state index contributed by atoms with van der Waals surface area (Å²) >= 11 is 0. The lowest BCUT2D eigenvalue weighted by Crippen LogP contribution is -2.31. The Bertz CT molecular complexity index is 322. The maximum atomic E-state index is 11.1. The van der Waals surface area contributed by atoms with Crippen LogP contribution in [0.15, 0.2) is 12.4 Å². The first-order valence-electron chi connectivity index (χ1n) is 3.93. The first-order valence-corrected chi connectivity index (χ1v) is 3.93. The number of hydrogen-bond donors (Lipinski definition) is 2.